The topological polar surface area (TPSA) is 107 Å². The van der Waals surface area contributed by atoms with Gasteiger partial charge in [0, 0.05) is 19.8 Å². The zero-order valence-electron chi connectivity index (χ0n) is 17.9. The van der Waals surface area contributed by atoms with Crippen LogP contribution in [0.15, 0.2) is 53.6 Å². The minimum atomic E-state index is -3.70. The van der Waals surface area contributed by atoms with Crippen molar-refractivity contribution in [2.24, 2.45) is 0 Å². The molecule has 0 radical (unpaired) electrons. The molecule has 2 aromatic carbocycles. The largest absolute Gasteiger partial charge is 0.497 e. The molecule has 31 heavy (non-hydrogen) atoms. The van der Waals surface area contributed by atoms with Gasteiger partial charge in [0.1, 0.15) is 10.5 Å². The molecule has 3 rings (SSSR count). The van der Waals surface area contributed by atoms with Crippen molar-refractivity contribution in [3.8, 4) is 16.9 Å². The van der Waals surface area contributed by atoms with E-state index in [1.807, 2.05) is 36.4 Å². The molecule has 0 fully saturated rings. The van der Waals surface area contributed by atoms with E-state index < -0.39 is 20.5 Å². The summed E-state index contributed by atoms with van der Waals surface area (Å²) in [6.45, 7) is 1.40. The van der Waals surface area contributed by atoms with Crippen LogP contribution in [0.3, 0.4) is 0 Å². The molecule has 1 aromatic heterocycles. The summed E-state index contributed by atoms with van der Waals surface area (Å²) in [7, 11) is -0.710. The number of carbonyl (C=O) groups is 1. The smallest absolute Gasteiger partial charge is 0.261 e. The van der Waals surface area contributed by atoms with Crippen LogP contribution in [0.2, 0.25) is 0 Å². The molecule has 1 atom stereocenters. The number of nitrogens with one attached hydrogen (secondary N) is 1. The van der Waals surface area contributed by atoms with Crippen molar-refractivity contribution in [1.82, 2.24) is 14.9 Å². The van der Waals surface area contributed by atoms with Crippen LogP contribution in [0.5, 0.6) is 5.75 Å². The molecule has 8 nitrogen and oxygen atoms in total. The Bertz CT molecular complexity index is 1280. The van der Waals surface area contributed by atoms with Gasteiger partial charge in [-0.3, -0.25) is 14.2 Å². The SMILES string of the molecule is CNC(=O)[C@@](C)(CCn1cnc2cc(-c3ccc(OC)cc3)ccc2c1=O)S(C)(=O)=O. The molecule has 0 spiro atoms. The number of carbonyl (C=O) groups excluding carboxylic acids is 1. The molecule has 1 amide bonds. The van der Waals surface area contributed by atoms with Crippen LogP contribution in [-0.4, -0.2) is 49.0 Å². The Kier molecular flexibility index (Phi) is 6.17. The van der Waals surface area contributed by atoms with Gasteiger partial charge in [-0.2, -0.15) is 0 Å². The second kappa shape index (κ2) is 8.50. The van der Waals surface area contributed by atoms with E-state index in [1.165, 1.54) is 24.9 Å². The Hall–Kier alpha value is -3.20. The van der Waals surface area contributed by atoms with E-state index in [1.54, 1.807) is 13.2 Å². The number of methoxy groups -OCH3 is 1. The summed E-state index contributed by atoms with van der Waals surface area (Å²) < 4.78 is 29.3. The zero-order chi connectivity index (χ0) is 22.8. The molecule has 0 aliphatic rings. The molecule has 3 aromatic rings. The highest BCUT2D eigenvalue weighted by atomic mass is 32.2. The van der Waals surface area contributed by atoms with Crippen LogP contribution in [0.4, 0.5) is 0 Å². The van der Waals surface area contributed by atoms with Gasteiger partial charge in [0.05, 0.1) is 24.3 Å². The number of benzene rings is 2. The zero-order valence-corrected chi connectivity index (χ0v) is 18.7. The van der Waals surface area contributed by atoms with Crippen LogP contribution < -0.4 is 15.6 Å². The van der Waals surface area contributed by atoms with Crippen LogP contribution in [0, 0.1) is 0 Å². The maximum atomic E-state index is 12.9. The number of ether oxygens (including phenoxy) is 1. The Morgan fingerprint density at radius 1 is 1.16 bits per heavy atom. The summed E-state index contributed by atoms with van der Waals surface area (Å²) in [5, 5.41) is 2.81. The van der Waals surface area contributed by atoms with E-state index in [-0.39, 0.29) is 18.5 Å². The lowest BCUT2D eigenvalue weighted by Gasteiger charge is -2.25. The van der Waals surface area contributed by atoms with E-state index >= 15 is 0 Å². The number of fused-ring (bicyclic) bond motifs is 1. The lowest BCUT2D eigenvalue weighted by Crippen LogP contribution is -2.49. The molecule has 0 saturated heterocycles. The quantitative estimate of drug-likeness (QED) is 0.599. The Labute approximate surface area is 180 Å². The number of sulfone groups is 1. The third-order valence-electron chi connectivity index (χ3n) is 5.60. The predicted molar refractivity (Wildman–Crippen MR) is 120 cm³/mol. The highest BCUT2D eigenvalue weighted by molar-refractivity contribution is 7.92. The van der Waals surface area contributed by atoms with Crippen molar-refractivity contribution in [3.05, 3.63) is 59.1 Å². The Morgan fingerprint density at radius 3 is 2.39 bits per heavy atom. The van der Waals surface area contributed by atoms with Gasteiger partial charge in [-0.15, -0.1) is 0 Å². The Balaban J connectivity index is 1.92. The summed E-state index contributed by atoms with van der Waals surface area (Å²) in [6.07, 6.45) is 2.35. The van der Waals surface area contributed by atoms with Crippen LogP contribution >= 0.6 is 0 Å². The first kappa shape index (κ1) is 22.5. The van der Waals surface area contributed by atoms with E-state index in [0.29, 0.717) is 10.9 Å². The molecule has 0 unspecified atom stereocenters. The maximum Gasteiger partial charge on any atom is 0.261 e. The number of amides is 1. The second-order valence-corrected chi connectivity index (χ2v) is 9.98. The monoisotopic (exact) mass is 443 g/mol. The minimum absolute atomic E-state index is 0.0407. The van der Waals surface area contributed by atoms with Crippen molar-refractivity contribution >= 4 is 26.6 Å². The van der Waals surface area contributed by atoms with Crippen LogP contribution in [0.25, 0.3) is 22.0 Å². The Morgan fingerprint density at radius 2 is 1.81 bits per heavy atom. The average Bonchev–Trinajstić information content (AvgIpc) is 2.76. The van der Waals surface area contributed by atoms with Gasteiger partial charge in [-0.05, 0) is 48.7 Å². The molecule has 9 heteroatoms. The van der Waals surface area contributed by atoms with Gasteiger partial charge >= 0.3 is 0 Å². The molecular weight excluding hydrogens is 418 g/mol. The van der Waals surface area contributed by atoms with E-state index in [9.17, 15) is 18.0 Å². The standard InChI is InChI=1S/C22H25N3O5S/c1-22(21(27)23-2,31(4,28)29)11-12-25-14-24-19-13-16(7-10-18(19)20(25)26)15-5-8-17(30-3)9-6-15/h5-10,13-14H,11-12H2,1-4H3,(H,23,27)/t22-/m1/s1. The fourth-order valence-electron chi connectivity index (χ4n) is 3.35. The van der Waals surface area contributed by atoms with Gasteiger partial charge in [0.25, 0.3) is 5.56 Å². The molecule has 0 aliphatic carbocycles. The highest BCUT2D eigenvalue weighted by Crippen LogP contribution is 2.25. The molecule has 0 saturated carbocycles. The molecule has 0 aliphatic heterocycles. The third-order valence-corrected chi connectivity index (χ3v) is 7.63. The van der Waals surface area contributed by atoms with E-state index in [0.717, 1.165) is 23.1 Å². The molecular formula is C22H25N3O5S. The lowest BCUT2D eigenvalue weighted by atomic mass is 10.0. The normalized spacial score (nSPS) is 13.5. The number of rotatable bonds is 7. The third kappa shape index (κ3) is 4.32. The fraction of sp³-hybridized carbons (Fsp3) is 0.318. The van der Waals surface area contributed by atoms with Gasteiger partial charge in [0.2, 0.25) is 5.91 Å². The fourth-order valence-corrected chi connectivity index (χ4v) is 4.25. The summed E-state index contributed by atoms with van der Waals surface area (Å²) in [5.74, 6) is 0.143. The van der Waals surface area contributed by atoms with Crippen molar-refractivity contribution in [3.63, 3.8) is 0 Å². The molecule has 1 N–H and O–H groups in total. The van der Waals surface area contributed by atoms with Gasteiger partial charge in [0.15, 0.2) is 9.84 Å². The predicted octanol–water partition coefficient (Wildman–Crippen LogP) is 2.01. The summed E-state index contributed by atoms with van der Waals surface area (Å²) in [5.41, 5.74) is 2.11. The highest BCUT2D eigenvalue weighted by Gasteiger charge is 2.42. The first-order chi connectivity index (χ1) is 14.6. The van der Waals surface area contributed by atoms with Gasteiger partial charge < -0.3 is 10.1 Å². The van der Waals surface area contributed by atoms with Gasteiger partial charge in [-0.1, -0.05) is 18.2 Å². The second-order valence-electron chi connectivity index (χ2n) is 7.54. The van der Waals surface area contributed by atoms with Crippen molar-refractivity contribution in [1.29, 1.82) is 0 Å². The summed E-state index contributed by atoms with van der Waals surface area (Å²) in [4.78, 5) is 29.5. The lowest BCUT2D eigenvalue weighted by molar-refractivity contribution is -0.123. The number of hydrogen-bond donors (Lipinski definition) is 1. The van der Waals surface area contributed by atoms with E-state index in [2.05, 4.69) is 10.3 Å². The van der Waals surface area contributed by atoms with Crippen LogP contribution in [0.1, 0.15) is 13.3 Å². The number of aryl methyl sites for hydroxylation is 1. The van der Waals surface area contributed by atoms with Crippen LogP contribution in [-0.2, 0) is 21.2 Å². The van der Waals surface area contributed by atoms with E-state index in [4.69, 9.17) is 4.74 Å². The average molecular weight is 444 g/mol. The first-order valence-corrected chi connectivity index (χ1v) is 11.6. The number of nitrogens with zero attached hydrogens (tertiary/aromatic N) is 2. The molecule has 1 heterocycles. The van der Waals surface area contributed by atoms with Crippen molar-refractivity contribution in [2.75, 3.05) is 20.4 Å². The van der Waals surface area contributed by atoms with Crippen molar-refractivity contribution < 1.29 is 17.9 Å². The summed E-state index contributed by atoms with van der Waals surface area (Å²) >= 11 is 0. The maximum absolute atomic E-state index is 12.9. The summed E-state index contributed by atoms with van der Waals surface area (Å²) in [6, 6.07) is 12.9. The van der Waals surface area contributed by atoms with Crippen molar-refractivity contribution in [2.45, 2.75) is 24.6 Å². The molecule has 0 bridgehead atoms. The number of hydrogen-bond acceptors (Lipinski definition) is 6. The minimum Gasteiger partial charge on any atom is -0.497 e. The number of aromatic nitrogens is 2. The van der Waals surface area contributed by atoms with Gasteiger partial charge in [-0.25, -0.2) is 13.4 Å². The molecule has 164 valence electrons. The first-order valence-electron chi connectivity index (χ1n) is 9.66.